The van der Waals surface area contributed by atoms with Gasteiger partial charge in [-0.1, -0.05) is 6.42 Å². The molecule has 1 N–H and O–H groups in total. The SMILES string of the molecule is COCCOCCOCCOC(=O)C1CCCC(NS(C)(=O)=O)C1. The van der Waals surface area contributed by atoms with E-state index >= 15 is 0 Å². The maximum Gasteiger partial charge on any atom is 0.309 e. The third-order valence-electron chi connectivity index (χ3n) is 3.66. The maximum atomic E-state index is 12.0. The van der Waals surface area contributed by atoms with Gasteiger partial charge in [0.15, 0.2) is 0 Å². The lowest BCUT2D eigenvalue weighted by atomic mass is 9.86. The van der Waals surface area contributed by atoms with Gasteiger partial charge in [0.25, 0.3) is 0 Å². The van der Waals surface area contributed by atoms with Crippen molar-refractivity contribution in [2.45, 2.75) is 31.7 Å². The molecule has 0 amide bonds. The van der Waals surface area contributed by atoms with Crippen molar-refractivity contribution >= 4 is 16.0 Å². The second-order valence-corrected chi connectivity index (χ2v) is 7.62. The first-order valence-electron chi connectivity index (χ1n) is 8.20. The average molecular weight is 367 g/mol. The van der Waals surface area contributed by atoms with Gasteiger partial charge in [0.05, 0.1) is 45.2 Å². The van der Waals surface area contributed by atoms with Crippen LogP contribution in [0.15, 0.2) is 0 Å². The third kappa shape index (κ3) is 10.2. The van der Waals surface area contributed by atoms with Gasteiger partial charge in [-0.15, -0.1) is 0 Å². The highest BCUT2D eigenvalue weighted by atomic mass is 32.2. The molecule has 9 heteroatoms. The Kier molecular flexibility index (Phi) is 10.4. The van der Waals surface area contributed by atoms with Gasteiger partial charge in [-0.25, -0.2) is 13.1 Å². The van der Waals surface area contributed by atoms with E-state index in [4.69, 9.17) is 18.9 Å². The molecule has 0 heterocycles. The molecule has 142 valence electrons. The number of rotatable bonds is 12. The van der Waals surface area contributed by atoms with E-state index in [1.165, 1.54) is 0 Å². The summed E-state index contributed by atoms with van der Waals surface area (Å²) in [6.45, 7) is 2.49. The minimum atomic E-state index is -3.25. The number of carbonyl (C=O) groups excluding carboxylic acids is 1. The molecule has 0 aromatic rings. The molecule has 2 atom stereocenters. The Morgan fingerprint density at radius 1 is 1.04 bits per heavy atom. The van der Waals surface area contributed by atoms with E-state index in [0.29, 0.717) is 39.5 Å². The second-order valence-electron chi connectivity index (χ2n) is 5.84. The summed E-state index contributed by atoms with van der Waals surface area (Å²) < 4.78 is 45.7. The fraction of sp³-hybridized carbons (Fsp3) is 0.933. The Morgan fingerprint density at radius 2 is 1.67 bits per heavy atom. The zero-order valence-electron chi connectivity index (χ0n) is 14.5. The molecule has 0 saturated heterocycles. The van der Waals surface area contributed by atoms with Crippen LogP contribution < -0.4 is 4.72 Å². The average Bonchev–Trinajstić information content (AvgIpc) is 2.51. The van der Waals surface area contributed by atoms with Gasteiger partial charge >= 0.3 is 5.97 Å². The van der Waals surface area contributed by atoms with Crippen molar-refractivity contribution in [1.82, 2.24) is 4.72 Å². The van der Waals surface area contributed by atoms with Crippen LogP contribution >= 0.6 is 0 Å². The Bertz CT molecular complexity index is 455. The summed E-state index contributed by atoms with van der Waals surface area (Å²) in [5.41, 5.74) is 0. The number of methoxy groups -OCH3 is 1. The van der Waals surface area contributed by atoms with Gasteiger partial charge < -0.3 is 18.9 Å². The molecule has 8 nitrogen and oxygen atoms in total. The van der Waals surface area contributed by atoms with Gasteiger partial charge in [-0.3, -0.25) is 4.79 Å². The fourth-order valence-corrected chi connectivity index (χ4v) is 3.42. The lowest BCUT2D eigenvalue weighted by Gasteiger charge is -2.27. The molecule has 1 rings (SSSR count). The van der Waals surface area contributed by atoms with Crippen LogP contribution in [0.3, 0.4) is 0 Å². The topological polar surface area (TPSA) is 100 Å². The monoisotopic (exact) mass is 367 g/mol. The van der Waals surface area contributed by atoms with E-state index in [-0.39, 0.29) is 24.5 Å². The van der Waals surface area contributed by atoms with Gasteiger partial charge in [-0.05, 0) is 19.3 Å². The number of nitrogens with one attached hydrogen (secondary N) is 1. The van der Waals surface area contributed by atoms with Crippen molar-refractivity contribution in [3.8, 4) is 0 Å². The highest BCUT2D eigenvalue weighted by Gasteiger charge is 2.29. The maximum absolute atomic E-state index is 12.0. The van der Waals surface area contributed by atoms with Gasteiger partial charge in [0.1, 0.15) is 6.61 Å². The highest BCUT2D eigenvalue weighted by molar-refractivity contribution is 7.88. The predicted molar refractivity (Wildman–Crippen MR) is 88.2 cm³/mol. The zero-order valence-corrected chi connectivity index (χ0v) is 15.3. The molecule has 1 aliphatic carbocycles. The number of sulfonamides is 1. The van der Waals surface area contributed by atoms with Crippen LogP contribution in [-0.2, 0) is 33.8 Å². The van der Waals surface area contributed by atoms with Crippen molar-refractivity contribution in [3.63, 3.8) is 0 Å². The first-order valence-corrected chi connectivity index (χ1v) is 10.1. The molecule has 1 fully saturated rings. The molecule has 0 bridgehead atoms. The Balaban J connectivity index is 2.10. The summed E-state index contributed by atoms with van der Waals surface area (Å²) >= 11 is 0. The van der Waals surface area contributed by atoms with E-state index in [2.05, 4.69) is 4.72 Å². The van der Waals surface area contributed by atoms with Crippen LogP contribution in [0.2, 0.25) is 0 Å². The van der Waals surface area contributed by atoms with E-state index in [9.17, 15) is 13.2 Å². The van der Waals surface area contributed by atoms with Crippen LogP contribution in [0.1, 0.15) is 25.7 Å². The minimum Gasteiger partial charge on any atom is -0.463 e. The second kappa shape index (κ2) is 11.8. The molecule has 24 heavy (non-hydrogen) atoms. The number of ether oxygens (including phenoxy) is 4. The normalized spacial score (nSPS) is 21.6. The first-order chi connectivity index (χ1) is 11.4. The van der Waals surface area contributed by atoms with Crippen LogP contribution in [-0.4, -0.2) is 73.4 Å². The van der Waals surface area contributed by atoms with Crippen molar-refractivity contribution in [2.24, 2.45) is 5.92 Å². The minimum absolute atomic E-state index is 0.188. The largest absolute Gasteiger partial charge is 0.463 e. The van der Waals surface area contributed by atoms with E-state index in [1.54, 1.807) is 7.11 Å². The molecular formula is C15H29NO7S. The molecular weight excluding hydrogens is 338 g/mol. The lowest BCUT2D eigenvalue weighted by molar-refractivity contribution is -0.151. The van der Waals surface area contributed by atoms with Crippen molar-refractivity contribution in [3.05, 3.63) is 0 Å². The van der Waals surface area contributed by atoms with Crippen LogP contribution in [0.5, 0.6) is 0 Å². The van der Waals surface area contributed by atoms with Crippen molar-refractivity contribution in [1.29, 1.82) is 0 Å². The molecule has 1 saturated carbocycles. The molecule has 0 radical (unpaired) electrons. The summed E-state index contributed by atoms with van der Waals surface area (Å²) in [7, 11) is -1.64. The number of hydrogen-bond donors (Lipinski definition) is 1. The quantitative estimate of drug-likeness (QED) is 0.391. The summed E-state index contributed by atoms with van der Waals surface area (Å²) in [4.78, 5) is 12.0. The van der Waals surface area contributed by atoms with E-state index < -0.39 is 10.0 Å². The number of carbonyl (C=O) groups is 1. The lowest BCUT2D eigenvalue weighted by Crippen LogP contribution is -2.39. The Hall–Kier alpha value is -0.740. The molecule has 0 spiro atoms. The predicted octanol–water partition coefficient (Wildman–Crippen LogP) is 0.317. The van der Waals surface area contributed by atoms with Crippen LogP contribution in [0.25, 0.3) is 0 Å². The number of hydrogen-bond acceptors (Lipinski definition) is 7. The van der Waals surface area contributed by atoms with Crippen LogP contribution in [0.4, 0.5) is 0 Å². The highest BCUT2D eigenvalue weighted by Crippen LogP contribution is 2.25. The van der Waals surface area contributed by atoms with E-state index in [0.717, 1.165) is 25.5 Å². The fourth-order valence-electron chi connectivity index (χ4n) is 2.60. The summed E-state index contributed by atoms with van der Waals surface area (Å²) in [6, 6.07) is -0.188. The van der Waals surface area contributed by atoms with Gasteiger partial charge in [-0.2, -0.15) is 0 Å². The Morgan fingerprint density at radius 3 is 2.29 bits per heavy atom. The molecule has 0 aromatic carbocycles. The smallest absolute Gasteiger partial charge is 0.309 e. The number of esters is 1. The van der Waals surface area contributed by atoms with Gasteiger partial charge in [0.2, 0.25) is 10.0 Å². The summed E-state index contributed by atoms with van der Waals surface area (Å²) in [5, 5.41) is 0. The first kappa shape index (κ1) is 21.3. The van der Waals surface area contributed by atoms with Gasteiger partial charge in [0, 0.05) is 13.2 Å². The molecule has 1 aliphatic rings. The standard InChI is InChI=1S/C15H29NO7S/c1-20-6-7-21-8-9-22-10-11-23-15(17)13-4-3-5-14(12-13)16-24(2,18)19/h13-14,16H,3-12H2,1-2H3. The summed E-state index contributed by atoms with van der Waals surface area (Å²) in [5.74, 6) is -0.537. The Labute approximate surface area is 144 Å². The molecule has 0 aromatic heterocycles. The summed E-state index contributed by atoms with van der Waals surface area (Å²) in [6.07, 6.45) is 3.91. The third-order valence-corrected chi connectivity index (χ3v) is 4.43. The van der Waals surface area contributed by atoms with Crippen molar-refractivity contribution < 1.29 is 32.2 Å². The molecule has 0 aliphatic heterocycles. The zero-order chi connectivity index (χ0) is 17.8. The van der Waals surface area contributed by atoms with E-state index in [1.807, 2.05) is 0 Å². The van der Waals surface area contributed by atoms with Crippen molar-refractivity contribution in [2.75, 3.05) is 53.0 Å². The van der Waals surface area contributed by atoms with Crippen LogP contribution in [0, 0.1) is 5.92 Å². The molecule has 2 unspecified atom stereocenters.